The van der Waals surface area contributed by atoms with Crippen molar-refractivity contribution in [3.63, 3.8) is 0 Å². The van der Waals surface area contributed by atoms with Gasteiger partial charge in [-0.15, -0.1) is 0 Å². The Bertz CT molecular complexity index is 1120. The van der Waals surface area contributed by atoms with E-state index in [1.54, 1.807) is 0 Å². The second-order valence-corrected chi connectivity index (χ2v) is 18.6. The van der Waals surface area contributed by atoms with Crippen LogP contribution in [0.25, 0.3) is 0 Å². The van der Waals surface area contributed by atoms with E-state index in [9.17, 15) is 14.4 Å². The first kappa shape index (κ1) is 61.4. The Hall–Kier alpha value is -2.63. The molecule has 0 fully saturated rings. The van der Waals surface area contributed by atoms with Gasteiger partial charge in [-0.1, -0.05) is 243 Å². The number of carbonyl (C=O) groups excluding carboxylic acids is 3. The van der Waals surface area contributed by atoms with Crippen molar-refractivity contribution in [2.75, 3.05) is 13.2 Å². The van der Waals surface area contributed by atoms with Crippen molar-refractivity contribution >= 4 is 17.9 Å². The van der Waals surface area contributed by atoms with Gasteiger partial charge in [0.1, 0.15) is 13.2 Å². The lowest BCUT2D eigenvalue weighted by Gasteiger charge is -2.18. The molecule has 1 atom stereocenters. The Morgan fingerprint density at radius 1 is 0.312 bits per heavy atom. The summed E-state index contributed by atoms with van der Waals surface area (Å²) in [6.07, 6.45) is 63.8. The minimum Gasteiger partial charge on any atom is -0.462 e. The zero-order valence-electron chi connectivity index (χ0n) is 42.6. The molecule has 0 aliphatic rings. The molecular weight excluding hydrogens is 793 g/mol. The lowest BCUT2D eigenvalue weighted by atomic mass is 10.0. The van der Waals surface area contributed by atoms with Gasteiger partial charge in [0, 0.05) is 19.3 Å². The molecule has 0 aliphatic carbocycles. The summed E-state index contributed by atoms with van der Waals surface area (Å²) in [6.45, 7) is 6.61. The Morgan fingerprint density at radius 2 is 0.547 bits per heavy atom. The van der Waals surface area contributed by atoms with Crippen molar-refractivity contribution in [1.82, 2.24) is 0 Å². The molecule has 0 radical (unpaired) electrons. The monoisotopic (exact) mass is 897 g/mol. The summed E-state index contributed by atoms with van der Waals surface area (Å²) in [5.41, 5.74) is 0. The van der Waals surface area contributed by atoms with Gasteiger partial charge in [-0.2, -0.15) is 0 Å². The fraction of sp³-hybridized carbons (Fsp3) is 0.810. The number of esters is 3. The molecular formula is C58H104O6. The number of rotatable bonds is 50. The minimum absolute atomic E-state index is 0.0865. The molecule has 64 heavy (non-hydrogen) atoms. The van der Waals surface area contributed by atoms with E-state index in [0.29, 0.717) is 19.3 Å². The average Bonchev–Trinajstić information content (AvgIpc) is 3.29. The van der Waals surface area contributed by atoms with Crippen LogP contribution < -0.4 is 0 Å². The number of hydrogen-bond acceptors (Lipinski definition) is 6. The van der Waals surface area contributed by atoms with Crippen molar-refractivity contribution in [2.24, 2.45) is 0 Å². The summed E-state index contributed by atoms with van der Waals surface area (Å²) in [7, 11) is 0. The largest absolute Gasteiger partial charge is 0.462 e. The molecule has 0 saturated carbocycles. The van der Waals surface area contributed by atoms with Crippen molar-refractivity contribution in [1.29, 1.82) is 0 Å². The van der Waals surface area contributed by atoms with E-state index in [-0.39, 0.29) is 31.1 Å². The molecule has 0 spiro atoms. The van der Waals surface area contributed by atoms with Crippen LogP contribution in [0.5, 0.6) is 0 Å². The molecule has 0 N–H and O–H groups in total. The average molecular weight is 897 g/mol. The molecule has 0 bridgehead atoms. The van der Waals surface area contributed by atoms with Gasteiger partial charge in [-0.25, -0.2) is 0 Å². The van der Waals surface area contributed by atoms with Crippen LogP contribution in [0.2, 0.25) is 0 Å². The number of carbonyl (C=O) groups is 3. The van der Waals surface area contributed by atoms with Crippen LogP contribution in [-0.4, -0.2) is 37.2 Å². The maximum atomic E-state index is 12.8. The molecule has 0 aromatic rings. The van der Waals surface area contributed by atoms with Crippen molar-refractivity contribution < 1.29 is 28.6 Å². The lowest BCUT2D eigenvalue weighted by Crippen LogP contribution is -2.30. The SMILES string of the molecule is CCCCCCCCC/C=C\C=C/CCCCCCCC(=O)OCC(COC(=O)CCCCCCCCCCCCCC)OC(=O)CCCCC/C=C\C=C/CCCCCCCCC. The Labute approximate surface area is 397 Å². The van der Waals surface area contributed by atoms with Crippen LogP contribution in [0, 0.1) is 0 Å². The molecule has 0 saturated heterocycles. The van der Waals surface area contributed by atoms with E-state index >= 15 is 0 Å². The van der Waals surface area contributed by atoms with Crippen LogP contribution in [0.4, 0.5) is 0 Å². The van der Waals surface area contributed by atoms with E-state index in [2.05, 4.69) is 69.4 Å². The summed E-state index contributed by atoms with van der Waals surface area (Å²) in [6, 6.07) is 0. The summed E-state index contributed by atoms with van der Waals surface area (Å²) in [4.78, 5) is 38.0. The Kier molecular flexibility index (Phi) is 50.8. The first-order valence-electron chi connectivity index (χ1n) is 27.7. The Balaban J connectivity index is 4.41. The fourth-order valence-corrected chi connectivity index (χ4v) is 7.90. The fourth-order valence-electron chi connectivity index (χ4n) is 7.90. The van der Waals surface area contributed by atoms with Gasteiger partial charge in [-0.05, 0) is 70.6 Å². The molecule has 0 amide bonds. The summed E-state index contributed by atoms with van der Waals surface area (Å²) in [5, 5.41) is 0. The molecule has 0 heterocycles. The zero-order chi connectivity index (χ0) is 46.5. The van der Waals surface area contributed by atoms with Crippen LogP contribution in [0.15, 0.2) is 48.6 Å². The van der Waals surface area contributed by atoms with E-state index in [1.165, 1.54) is 154 Å². The Morgan fingerprint density at radius 3 is 0.844 bits per heavy atom. The molecule has 0 rings (SSSR count). The first-order chi connectivity index (χ1) is 31.5. The molecule has 6 nitrogen and oxygen atoms in total. The van der Waals surface area contributed by atoms with Crippen LogP contribution >= 0.6 is 0 Å². The molecule has 0 aromatic heterocycles. The minimum atomic E-state index is -0.790. The third-order valence-corrected chi connectivity index (χ3v) is 12.1. The molecule has 372 valence electrons. The lowest BCUT2D eigenvalue weighted by molar-refractivity contribution is -0.167. The van der Waals surface area contributed by atoms with Gasteiger partial charge in [0.15, 0.2) is 6.10 Å². The van der Waals surface area contributed by atoms with Crippen molar-refractivity contribution in [3.8, 4) is 0 Å². The summed E-state index contributed by atoms with van der Waals surface area (Å²) in [5.74, 6) is -0.919. The topological polar surface area (TPSA) is 78.9 Å². The van der Waals surface area contributed by atoms with Crippen LogP contribution in [0.3, 0.4) is 0 Å². The second kappa shape index (κ2) is 53.0. The predicted octanol–water partition coefficient (Wildman–Crippen LogP) is 18.3. The maximum Gasteiger partial charge on any atom is 0.306 e. The molecule has 6 heteroatoms. The summed E-state index contributed by atoms with van der Waals surface area (Å²) >= 11 is 0. The number of allylic oxidation sites excluding steroid dienone is 8. The van der Waals surface area contributed by atoms with Gasteiger partial charge in [0.2, 0.25) is 0 Å². The van der Waals surface area contributed by atoms with E-state index in [4.69, 9.17) is 14.2 Å². The third kappa shape index (κ3) is 50.4. The van der Waals surface area contributed by atoms with E-state index in [0.717, 1.165) is 89.9 Å². The number of ether oxygens (including phenoxy) is 3. The molecule has 0 aromatic carbocycles. The van der Waals surface area contributed by atoms with Crippen LogP contribution in [0.1, 0.15) is 284 Å². The highest BCUT2D eigenvalue weighted by Gasteiger charge is 2.19. The number of unbranched alkanes of at least 4 members (excludes halogenated alkanes) is 33. The number of hydrogen-bond donors (Lipinski definition) is 0. The highest BCUT2D eigenvalue weighted by molar-refractivity contribution is 5.71. The highest BCUT2D eigenvalue weighted by Crippen LogP contribution is 2.15. The zero-order valence-corrected chi connectivity index (χ0v) is 42.6. The molecule has 0 aliphatic heterocycles. The molecule has 1 unspecified atom stereocenters. The summed E-state index contributed by atoms with van der Waals surface area (Å²) < 4.78 is 16.8. The van der Waals surface area contributed by atoms with E-state index in [1.807, 2.05) is 0 Å². The normalized spacial score (nSPS) is 12.4. The van der Waals surface area contributed by atoms with Gasteiger partial charge in [-0.3, -0.25) is 14.4 Å². The van der Waals surface area contributed by atoms with E-state index < -0.39 is 6.10 Å². The first-order valence-corrected chi connectivity index (χ1v) is 27.7. The van der Waals surface area contributed by atoms with Crippen molar-refractivity contribution in [2.45, 2.75) is 290 Å². The maximum absolute atomic E-state index is 12.8. The highest BCUT2D eigenvalue weighted by atomic mass is 16.6. The van der Waals surface area contributed by atoms with Gasteiger partial charge in [0.05, 0.1) is 0 Å². The van der Waals surface area contributed by atoms with Gasteiger partial charge >= 0.3 is 17.9 Å². The smallest absolute Gasteiger partial charge is 0.306 e. The third-order valence-electron chi connectivity index (χ3n) is 12.1. The van der Waals surface area contributed by atoms with Crippen LogP contribution in [-0.2, 0) is 28.6 Å². The predicted molar refractivity (Wildman–Crippen MR) is 275 cm³/mol. The standard InChI is InChI=1S/C58H104O6/c1-4-7-10-13-16-19-22-25-27-29-30-32-33-36-39-42-45-48-51-57(60)63-54-55(53-62-56(59)50-47-44-41-38-35-24-21-18-15-12-9-6-3)64-58(61)52-49-46-43-40-37-34-31-28-26-23-20-17-14-11-8-5-2/h27-32,34,37,55H,4-26,33,35-36,38-54H2,1-3H3/b29-27-,31-28-,32-30-,37-34-. The quantitative estimate of drug-likeness (QED) is 0.0262. The van der Waals surface area contributed by atoms with Gasteiger partial charge in [0.25, 0.3) is 0 Å². The van der Waals surface area contributed by atoms with Crippen molar-refractivity contribution in [3.05, 3.63) is 48.6 Å². The second-order valence-electron chi connectivity index (χ2n) is 18.6. The van der Waals surface area contributed by atoms with Gasteiger partial charge < -0.3 is 14.2 Å².